The van der Waals surface area contributed by atoms with Gasteiger partial charge in [0.2, 0.25) is 5.91 Å². The Morgan fingerprint density at radius 2 is 1.60 bits per heavy atom. The smallest absolute Gasteiger partial charge is 0.242 e. The lowest BCUT2D eigenvalue weighted by atomic mass is 9.73. The fourth-order valence-electron chi connectivity index (χ4n) is 3.59. The van der Waals surface area contributed by atoms with E-state index >= 15 is 0 Å². The highest BCUT2D eigenvalue weighted by Gasteiger charge is 2.50. The van der Waals surface area contributed by atoms with E-state index < -0.39 is 5.41 Å². The van der Waals surface area contributed by atoms with Crippen molar-refractivity contribution in [3.63, 3.8) is 0 Å². The minimum Gasteiger partial charge on any atom is -0.412 e. The number of halogens is 1. The molecular formula is C20H27ClN2O2. The van der Waals surface area contributed by atoms with Crippen LogP contribution in [-0.4, -0.2) is 43.5 Å². The minimum absolute atomic E-state index is 0. The molecule has 0 bridgehead atoms. The molecule has 136 valence electrons. The Morgan fingerprint density at radius 1 is 1.00 bits per heavy atom. The van der Waals surface area contributed by atoms with Crippen molar-refractivity contribution in [2.24, 2.45) is 0 Å². The lowest BCUT2D eigenvalue weighted by molar-refractivity contribution is -0.122. The van der Waals surface area contributed by atoms with Crippen molar-refractivity contribution in [1.82, 2.24) is 4.90 Å². The number of carbonyl (C=O) groups excluding carboxylic acids is 1. The van der Waals surface area contributed by atoms with Crippen LogP contribution in [0.2, 0.25) is 0 Å². The zero-order valence-corrected chi connectivity index (χ0v) is 15.8. The molecule has 5 heteroatoms. The topological polar surface area (TPSA) is 55.1 Å². The summed E-state index contributed by atoms with van der Waals surface area (Å²) in [6, 6.07) is 18.4. The first kappa shape index (κ1) is 21.2. The molecule has 0 spiro atoms. The number of hydrogen-bond acceptors (Lipinski definition) is 2. The van der Waals surface area contributed by atoms with E-state index in [1.54, 1.807) is 0 Å². The van der Waals surface area contributed by atoms with Crippen molar-refractivity contribution >= 4 is 24.0 Å². The van der Waals surface area contributed by atoms with Crippen molar-refractivity contribution in [3.05, 3.63) is 65.7 Å². The van der Waals surface area contributed by atoms with E-state index in [2.05, 4.69) is 36.1 Å². The number of para-hydroxylation sites is 1. The van der Waals surface area contributed by atoms with Gasteiger partial charge in [-0.15, -0.1) is 12.4 Å². The van der Waals surface area contributed by atoms with Crippen LogP contribution in [-0.2, 0) is 10.2 Å². The largest absolute Gasteiger partial charge is 0.412 e. The van der Waals surface area contributed by atoms with Crippen LogP contribution in [0.15, 0.2) is 54.6 Å². The Kier molecular flexibility index (Phi) is 7.17. The summed E-state index contributed by atoms with van der Waals surface area (Å²) in [5.74, 6) is 0.203. The first-order chi connectivity index (χ1) is 11.1. The molecule has 0 saturated carbocycles. The summed E-state index contributed by atoms with van der Waals surface area (Å²) < 4.78 is 0. The van der Waals surface area contributed by atoms with Crippen LogP contribution in [0.1, 0.15) is 24.5 Å². The summed E-state index contributed by atoms with van der Waals surface area (Å²) in [6.45, 7) is 3.68. The van der Waals surface area contributed by atoms with Gasteiger partial charge in [0.25, 0.3) is 0 Å². The molecule has 4 nitrogen and oxygen atoms in total. The van der Waals surface area contributed by atoms with E-state index in [1.165, 1.54) is 0 Å². The van der Waals surface area contributed by atoms with E-state index in [0.717, 1.165) is 36.3 Å². The fourth-order valence-corrected chi connectivity index (χ4v) is 3.59. The summed E-state index contributed by atoms with van der Waals surface area (Å²) in [5.41, 5.74) is 2.74. The number of nitrogens with zero attached hydrogens (tertiary/aromatic N) is 2. The maximum Gasteiger partial charge on any atom is 0.242 e. The van der Waals surface area contributed by atoms with Crippen LogP contribution in [0.5, 0.6) is 0 Å². The van der Waals surface area contributed by atoms with Gasteiger partial charge < -0.3 is 15.3 Å². The van der Waals surface area contributed by atoms with Gasteiger partial charge in [-0.25, -0.2) is 0 Å². The summed E-state index contributed by atoms with van der Waals surface area (Å²) in [7, 11) is 4.08. The van der Waals surface area contributed by atoms with Gasteiger partial charge in [0.15, 0.2) is 0 Å². The molecule has 0 aromatic heterocycles. The Balaban J connectivity index is 0.00000156. The second-order valence-corrected chi connectivity index (χ2v) is 6.40. The number of likely N-dealkylation sites (N-methyl/N-ethyl adjacent to an activating group) is 1. The number of anilines is 1. The molecule has 0 aliphatic carbocycles. The van der Waals surface area contributed by atoms with Gasteiger partial charge >= 0.3 is 0 Å². The van der Waals surface area contributed by atoms with Gasteiger partial charge in [-0.2, -0.15) is 0 Å². The highest BCUT2D eigenvalue weighted by atomic mass is 35.5. The number of rotatable bonds is 5. The molecule has 1 aliphatic rings. The maximum atomic E-state index is 13.4. The number of benzene rings is 2. The van der Waals surface area contributed by atoms with E-state index in [-0.39, 0.29) is 23.8 Å². The minimum atomic E-state index is -0.551. The van der Waals surface area contributed by atoms with Gasteiger partial charge in [0, 0.05) is 18.8 Å². The zero-order valence-electron chi connectivity index (χ0n) is 15.0. The third-order valence-corrected chi connectivity index (χ3v) is 4.83. The van der Waals surface area contributed by atoms with Gasteiger partial charge in [-0.05, 0) is 37.7 Å². The summed E-state index contributed by atoms with van der Waals surface area (Å²) in [4.78, 5) is 17.5. The fraction of sp³-hybridized carbons (Fsp3) is 0.350. The molecule has 3 rings (SSSR count). The van der Waals surface area contributed by atoms with Crippen molar-refractivity contribution in [2.45, 2.75) is 18.8 Å². The number of carbonyl (C=O) groups is 1. The molecule has 2 N–H and O–H groups in total. The Labute approximate surface area is 156 Å². The summed E-state index contributed by atoms with van der Waals surface area (Å²) >= 11 is 0. The molecule has 0 saturated heterocycles. The van der Waals surface area contributed by atoms with Crippen LogP contribution in [0.3, 0.4) is 0 Å². The van der Waals surface area contributed by atoms with Crippen LogP contribution in [0.25, 0.3) is 0 Å². The maximum absolute atomic E-state index is 13.4. The first-order valence-electron chi connectivity index (χ1n) is 8.23. The average Bonchev–Trinajstić information content (AvgIpc) is 2.82. The second-order valence-electron chi connectivity index (χ2n) is 6.40. The average molecular weight is 363 g/mol. The van der Waals surface area contributed by atoms with E-state index in [4.69, 9.17) is 0 Å². The zero-order chi connectivity index (χ0) is 16.4. The van der Waals surface area contributed by atoms with Gasteiger partial charge in [0.05, 0.1) is 0 Å². The Hall–Kier alpha value is -1.88. The summed E-state index contributed by atoms with van der Waals surface area (Å²) in [5, 5.41) is 0. The van der Waals surface area contributed by atoms with E-state index in [9.17, 15) is 4.79 Å². The second kappa shape index (κ2) is 8.48. The lowest BCUT2D eigenvalue weighted by Gasteiger charge is -2.28. The molecule has 2 aromatic carbocycles. The van der Waals surface area contributed by atoms with Gasteiger partial charge in [-0.3, -0.25) is 4.79 Å². The molecule has 25 heavy (non-hydrogen) atoms. The molecule has 0 radical (unpaired) electrons. The number of fused-ring (bicyclic) bond motifs is 1. The van der Waals surface area contributed by atoms with Gasteiger partial charge in [-0.1, -0.05) is 55.5 Å². The van der Waals surface area contributed by atoms with Crippen molar-refractivity contribution < 1.29 is 10.3 Å². The predicted octanol–water partition coefficient (Wildman–Crippen LogP) is 2.89. The van der Waals surface area contributed by atoms with Crippen LogP contribution >= 0.6 is 12.4 Å². The number of amides is 1. The summed E-state index contributed by atoms with van der Waals surface area (Å²) in [6.07, 6.45) is 0.769. The van der Waals surface area contributed by atoms with Crippen LogP contribution < -0.4 is 4.90 Å². The van der Waals surface area contributed by atoms with Crippen molar-refractivity contribution in [3.8, 4) is 0 Å². The standard InChI is InChI=1S/C20H24N2O.ClH.H2O/c1-4-20(16-10-6-5-7-11-16)17-12-8-9-13-18(17)22(19(20)23)15-14-21(2)3;;/h5-13H,4,14-15H2,1-3H3;1H;1H2. The van der Waals surface area contributed by atoms with Crippen molar-refractivity contribution in [2.75, 3.05) is 32.1 Å². The Bertz CT molecular complexity index is 706. The first-order valence-corrected chi connectivity index (χ1v) is 8.23. The third kappa shape index (κ3) is 3.43. The van der Waals surface area contributed by atoms with Crippen LogP contribution in [0.4, 0.5) is 5.69 Å². The molecule has 1 aliphatic heterocycles. The molecule has 1 atom stereocenters. The quantitative estimate of drug-likeness (QED) is 0.821. The highest BCUT2D eigenvalue weighted by molar-refractivity contribution is 6.10. The van der Waals surface area contributed by atoms with E-state index in [1.807, 2.05) is 49.3 Å². The molecule has 0 fully saturated rings. The van der Waals surface area contributed by atoms with E-state index in [0.29, 0.717) is 0 Å². The molecule has 2 aromatic rings. The normalized spacial score (nSPS) is 18.6. The predicted molar refractivity (Wildman–Crippen MR) is 106 cm³/mol. The number of hydrogen-bond donors (Lipinski definition) is 0. The van der Waals surface area contributed by atoms with Crippen molar-refractivity contribution in [1.29, 1.82) is 0 Å². The highest BCUT2D eigenvalue weighted by Crippen LogP contribution is 2.47. The molecule has 1 heterocycles. The molecule has 1 unspecified atom stereocenters. The molecule has 1 amide bonds. The monoisotopic (exact) mass is 362 g/mol. The Morgan fingerprint density at radius 3 is 2.20 bits per heavy atom. The third-order valence-electron chi connectivity index (χ3n) is 4.83. The lowest BCUT2D eigenvalue weighted by Crippen LogP contribution is -2.43. The van der Waals surface area contributed by atoms with Gasteiger partial charge in [0.1, 0.15) is 5.41 Å². The van der Waals surface area contributed by atoms with Crippen LogP contribution in [0, 0.1) is 0 Å². The SMILES string of the molecule is CCC1(c2ccccc2)C(=O)N(CCN(C)C)c2ccccc21.Cl.O. The molecular weight excluding hydrogens is 336 g/mol.